The summed E-state index contributed by atoms with van der Waals surface area (Å²) in [5.74, 6) is -1.75. The summed E-state index contributed by atoms with van der Waals surface area (Å²) in [5.41, 5.74) is 0.894. The SMILES string of the molecule is COc1ccc(/C(O)=C2\C(=O)C(=O)N(c3ccc(Cl)c(Cl)c3)C2c2ccc(O)cc2)cc1Cl. The third-order valence-electron chi connectivity index (χ3n) is 5.26. The number of carbonyl (C=O) groups excluding carboxylic acids is 2. The summed E-state index contributed by atoms with van der Waals surface area (Å²) in [5, 5.41) is 21.6. The number of benzene rings is 3. The van der Waals surface area contributed by atoms with Gasteiger partial charge in [0, 0.05) is 11.3 Å². The summed E-state index contributed by atoms with van der Waals surface area (Å²) in [7, 11) is 1.45. The van der Waals surface area contributed by atoms with E-state index in [1.54, 1.807) is 24.3 Å². The summed E-state index contributed by atoms with van der Waals surface area (Å²) >= 11 is 18.4. The number of ketones is 1. The van der Waals surface area contributed by atoms with Crippen LogP contribution in [0.4, 0.5) is 5.69 Å². The number of carbonyl (C=O) groups is 2. The molecule has 0 spiro atoms. The number of halogens is 3. The first kappa shape index (κ1) is 23.0. The van der Waals surface area contributed by atoms with Crippen LogP contribution in [0, 0.1) is 0 Å². The molecule has 1 aliphatic heterocycles. The first-order chi connectivity index (χ1) is 15.7. The minimum atomic E-state index is -0.997. The molecule has 0 bridgehead atoms. The number of phenolic OH excluding ortho intramolecular Hbond substituents is 1. The van der Waals surface area contributed by atoms with Crippen molar-refractivity contribution in [3.63, 3.8) is 0 Å². The highest BCUT2D eigenvalue weighted by Gasteiger charge is 2.47. The molecule has 0 saturated carbocycles. The van der Waals surface area contributed by atoms with Gasteiger partial charge in [-0.3, -0.25) is 14.5 Å². The molecule has 6 nitrogen and oxygen atoms in total. The molecule has 0 aliphatic carbocycles. The Morgan fingerprint density at radius 2 is 1.61 bits per heavy atom. The zero-order valence-corrected chi connectivity index (χ0v) is 19.3. The normalized spacial score (nSPS) is 17.5. The van der Waals surface area contributed by atoms with Gasteiger partial charge in [0.05, 0.1) is 33.8 Å². The molecule has 1 fully saturated rings. The van der Waals surface area contributed by atoms with Crippen molar-refractivity contribution in [1.82, 2.24) is 0 Å². The molecule has 1 amide bonds. The Kier molecular flexibility index (Phi) is 6.26. The van der Waals surface area contributed by atoms with Crippen molar-refractivity contribution in [1.29, 1.82) is 0 Å². The van der Waals surface area contributed by atoms with Crippen LogP contribution >= 0.6 is 34.8 Å². The van der Waals surface area contributed by atoms with Crippen LogP contribution < -0.4 is 9.64 Å². The zero-order valence-electron chi connectivity index (χ0n) is 17.1. The van der Waals surface area contributed by atoms with Crippen molar-refractivity contribution < 1.29 is 24.5 Å². The number of hydrogen-bond donors (Lipinski definition) is 2. The van der Waals surface area contributed by atoms with Crippen molar-refractivity contribution in [2.24, 2.45) is 0 Å². The van der Waals surface area contributed by atoms with Crippen LogP contribution in [0.5, 0.6) is 11.5 Å². The quantitative estimate of drug-likeness (QED) is 0.259. The molecule has 168 valence electrons. The van der Waals surface area contributed by atoms with Gasteiger partial charge in [0.25, 0.3) is 11.7 Å². The largest absolute Gasteiger partial charge is 0.508 e. The number of methoxy groups -OCH3 is 1. The van der Waals surface area contributed by atoms with Gasteiger partial charge in [0.1, 0.15) is 17.3 Å². The van der Waals surface area contributed by atoms with Gasteiger partial charge < -0.3 is 14.9 Å². The van der Waals surface area contributed by atoms with E-state index in [4.69, 9.17) is 39.5 Å². The van der Waals surface area contributed by atoms with E-state index in [1.807, 2.05) is 0 Å². The number of hydrogen-bond acceptors (Lipinski definition) is 5. The molecule has 0 aromatic heterocycles. The molecular weight excluding hydrogens is 489 g/mol. The van der Waals surface area contributed by atoms with Gasteiger partial charge in [-0.05, 0) is 54.1 Å². The topological polar surface area (TPSA) is 87.1 Å². The maximum atomic E-state index is 13.1. The van der Waals surface area contributed by atoms with E-state index in [0.717, 1.165) is 0 Å². The Hall–Kier alpha value is -3.19. The molecule has 33 heavy (non-hydrogen) atoms. The molecule has 3 aromatic rings. The van der Waals surface area contributed by atoms with Crippen LogP contribution in [0.15, 0.2) is 66.2 Å². The Labute approximate surface area is 204 Å². The Bertz CT molecular complexity index is 1300. The molecular formula is C24H16Cl3NO5. The van der Waals surface area contributed by atoms with Gasteiger partial charge in [0.2, 0.25) is 0 Å². The minimum Gasteiger partial charge on any atom is -0.508 e. The first-order valence-corrected chi connectivity index (χ1v) is 10.7. The number of aromatic hydroxyl groups is 1. The fraction of sp³-hybridized carbons (Fsp3) is 0.0833. The van der Waals surface area contributed by atoms with Crippen molar-refractivity contribution in [3.05, 3.63) is 92.4 Å². The van der Waals surface area contributed by atoms with E-state index in [-0.39, 0.29) is 32.0 Å². The maximum Gasteiger partial charge on any atom is 0.300 e. The third-order valence-corrected chi connectivity index (χ3v) is 6.29. The van der Waals surface area contributed by atoms with Gasteiger partial charge in [-0.1, -0.05) is 46.9 Å². The molecule has 9 heteroatoms. The van der Waals surface area contributed by atoms with Crippen molar-refractivity contribution in [3.8, 4) is 11.5 Å². The van der Waals surface area contributed by atoms with E-state index >= 15 is 0 Å². The summed E-state index contributed by atoms with van der Waals surface area (Å²) in [4.78, 5) is 27.5. The highest BCUT2D eigenvalue weighted by atomic mass is 35.5. The second kappa shape index (κ2) is 8.98. The maximum absolute atomic E-state index is 13.1. The number of aliphatic hydroxyl groups is 1. The average molecular weight is 505 g/mol. The molecule has 4 rings (SSSR count). The highest BCUT2D eigenvalue weighted by molar-refractivity contribution is 6.52. The molecule has 1 unspecified atom stereocenters. The van der Waals surface area contributed by atoms with Crippen LogP contribution in [0.3, 0.4) is 0 Å². The molecule has 0 radical (unpaired) electrons. The third kappa shape index (κ3) is 4.13. The fourth-order valence-electron chi connectivity index (χ4n) is 3.67. The van der Waals surface area contributed by atoms with Crippen LogP contribution in [-0.2, 0) is 9.59 Å². The van der Waals surface area contributed by atoms with E-state index in [9.17, 15) is 19.8 Å². The van der Waals surface area contributed by atoms with Crippen LogP contribution in [0.25, 0.3) is 5.76 Å². The average Bonchev–Trinajstić information content (AvgIpc) is 3.06. The summed E-state index contributed by atoms with van der Waals surface area (Å²) in [6.07, 6.45) is 0. The van der Waals surface area contributed by atoms with Gasteiger partial charge in [-0.15, -0.1) is 0 Å². The fourth-order valence-corrected chi connectivity index (χ4v) is 4.22. The number of aliphatic hydroxyl groups excluding tert-OH is 1. The molecule has 1 saturated heterocycles. The Balaban J connectivity index is 1.94. The number of anilines is 1. The van der Waals surface area contributed by atoms with E-state index in [1.165, 1.54) is 48.4 Å². The molecule has 1 heterocycles. The zero-order chi connectivity index (χ0) is 23.9. The number of amides is 1. The molecule has 1 aliphatic rings. The van der Waals surface area contributed by atoms with Crippen molar-refractivity contribution >= 4 is 57.9 Å². The lowest BCUT2D eigenvalue weighted by molar-refractivity contribution is -0.132. The second-order valence-corrected chi connectivity index (χ2v) is 8.43. The monoisotopic (exact) mass is 503 g/mol. The lowest BCUT2D eigenvalue weighted by atomic mass is 9.95. The van der Waals surface area contributed by atoms with Gasteiger partial charge in [0.15, 0.2) is 0 Å². The van der Waals surface area contributed by atoms with Gasteiger partial charge >= 0.3 is 0 Å². The summed E-state index contributed by atoms with van der Waals surface area (Å²) < 4.78 is 5.13. The lowest BCUT2D eigenvalue weighted by Gasteiger charge is -2.25. The number of Topliss-reactive ketones (excluding diaryl/α,β-unsaturated/α-hetero) is 1. The standard InChI is InChI=1S/C24H16Cl3NO5/c1-33-19-9-4-13(10-18(19)27)22(30)20-21(12-2-6-15(29)7-3-12)28(24(32)23(20)31)14-5-8-16(25)17(26)11-14/h2-11,21,29-30H,1H3/b22-20+. The van der Waals surface area contributed by atoms with Gasteiger partial charge in [-0.25, -0.2) is 0 Å². The first-order valence-electron chi connectivity index (χ1n) is 9.61. The minimum absolute atomic E-state index is 0.00664. The smallest absolute Gasteiger partial charge is 0.300 e. The van der Waals surface area contributed by atoms with E-state index in [0.29, 0.717) is 17.0 Å². The lowest BCUT2D eigenvalue weighted by Crippen LogP contribution is -2.29. The highest BCUT2D eigenvalue weighted by Crippen LogP contribution is 2.44. The van der Waals surface area contributed by atoms with Crippen molar-refractivity contribution in [2.45, 2.75) is 6.04 Å². The number of ether oxygens (including phenoxy) is 1. The van der Waals surface area contributed by atoms with Gasteiger partial charge in [-0.2, -0.15) is 0 Å². The second-order valence-electron chi connectivity index (χ2n) is 7.21. The molecule has 3 aromatic carbocycles. The number of phenols is 1. The van der Waals surface area contributed by atoms with Crippen LogP contribution in [-0.4, -0.2) is 29.0 Å². The van der Waals surface area contributed by atoms with Crippen molar-refractivity contribution in [2.75, 3.05) is 12.0 Å². The number of nitrogens with zero attached hydrogens (tertiary/aromatic N) is 1. The molecule has 2 N–H and O–H groups in total. The predicted octanol–water partition coefficient (Wildman–Crippen LogP) is 5.99. The number of rotatable bonds is 4. The Morgan fingerprint density at radius 1 is 0.909 bits per heavy atom. The van der Waals surface area contributed by atoms with E-state index in [2.05, 4.69) is 0 Å². The molecule has 1 atom stereocenters. The summed E-state index contributed by atoms with van der Waals surface area (Å²) in [6.45, 7) is 0. The predicted molar refractivity (Wildman–Crippen MR) is 127 cm³/mol. The van der Waals surface area contributed by atoms with E-state index < -0.39 is 23.5 Å². The Morgan fingerprint density at radius 3 is 2.21 bits per heavy atom. The summed E-state index contributed by atoms with van der Waals surface area (Å²) in [6, 6.07) is 14.0. The van der Waals surface area contributed by atoms with Crippen LogP contribution in [0.2, 0.25) is 15.1 Å². The van der Waals surface area contributed by atoms with Crippen LogP contribution in [0.1, 0.15) is 17.2 Å².